The predicted molar refractivity (Wildman–Crippen MR) is 56.2 cm³/mol. The highest BCUT2D eigenvalue weighted by Gasteiger charge is 1.86. The summed E-state index contributed by atoms with van der Waals surface area (Å²) in [5, 5.41) is 0. The van der Waals surface area contributed by atoms with Crippen LogP contribution in [0.5, 0.6) is 0 Å². The molecule has 0 aromatic heterocycles. The highest BCUT2D eigenvalue weighted by Crippen LogP contribution is 1.82. The van der Waals surface area contributed by atoms with Crippen LogP contribution in [0.3, 0.4) is 0 Å². The normalized spacial score (nSPS) is 9.50. The van der Waals surface area contributed by atoms with Crippen LogP contribution in [-0.4, -0.2) is 26.2 Å². The van der Waals surface area contributed by atoms with Crippen LogP contribution in [0.1, 0.15) is 19.3 Å². The van der Waals surface area contributed by atoms with Gasteiger partial charge >= 0.3 is 0 Å². The molecule has 0 atom stereocenters. The SMILES string of the molecule is Br.NCCCCNOCCCN. The largest absolute Gasteiger partial charge is 0.330 e. The molecule has 0 saturated heterocycles. The number of nitrogens with one attached hydrogen (secondary N) is 1. The smallest absolute Gasteiger partial charge is 0.0694 e. The second kappa shape index (κ2) is 13.9. The predicted octanol–water partition coefficient (Wildman–Crippen LogP) is 0.173. The molecule has 0 aliphatic rings. The average Bonchev–Trinajstić information content (AvgIpc) is 2.03. The fourth-order valence-corrected chi connectivity index (χ4v) is 0.641. The molecule has 0 bridgehead atoms. The molecule has 0 aliphatic carbocycles. The van der Waals surface area contributed by atoms with Crippen LogP contribution in [0.4, 0.5) is 0 Å². The Morgan fingerprint density at radius 1 is 1.00 bits per heavy atom. The van der Waals surface area contributed by atoms with Crippen LogP contribution >= 0.6 is 17.0 Å². The van der Waals surface area contributed by atoms with Crippen molar-refractivity contribution >= 4 is 17.0 Å². The number of rotatable bonds is 8. The molecule has 0 aromatic carbocycles. The highest BCUT2D eigenvalue weighted by atomic mass is 79.9. The Hall–Kier alpha value is 0.320. The summed E-state index contributed by atoms with van der Waals surface area (Å²) in [6.07, 6.45) is 3.02. The summed E-state index contributed by atoms with van der Waals surface area (Å²) < 4.78 is 0. The van der Waals surface area contributed by atoms with Gasteiger partial charge in [-0.2, -0.15) is 0 Å². The summed E-state index contributed by atoms with van der Waals surface area (Å²) >= 11 is 0. The summed E-state index contributed by atoms with van der Waals surface area (Å²) in [5.41, 5.74) is 13.4. The lowest BCUT2D eigenvalue weighted by Gasteiger charge is -2.03. The van der Waals surface area contributed by atoms with E-state index in [0.717, 1.165) is 32.4 Å². The Bertz CT molecular complexity index is 67.7. The van der Waals surface area contributed by atoms with E-state index in [1.54, 1.807) is 0 Å². The zero-order valence-electron chi connectivity index (χ0n) is 7.42. The summed E-state index contributed by atoms with van der Waals surface area (Å²) in [6, 6.07) is 0. The maximum atomic E-state index is 5.31. The number of unbranched alkanes of at least 4 members (excludes halogenated alkanes) is 1. The molecule has 0 saturated carbocycles. The van der Waals surface area contributed by atoms with Gasteiger partial charge in [-0.3, -0.25) is 0 Å². The van der Waals surface area contributed by atoms with Gasteiger partial charge in [0.1, 0.15) is 0 Å². The Kier molecular flexibility index (Phi) is 17.1. The first kappa shape index (κ1) is 14.8. The molecule has 0 radical (unpaired) electrons. The van der Waals surface area contributed by atoms with Gasteiger partial charge in [0.25, 0.3) is 0 Å². The molecule has 5 N–H and O–H groups in total. The minimum atomic E-state index is 0. The Morgan fingerprint density at radius 3 is 2.25 bits per heavy atom. The summed E-state index contributed by atoms with van der Waals surface area (Å²) in [4.78, 5) is 5.05. The van der Waals surface area contributed by atoms with E-state index in [9.17, 15) is 0 Å². The van der Waals surface area contributed by atoms with Crippen molar-refractivity contribution in [1.82, 2.24) is 5.48 Å². The standard InChI is InChI=1S/C7H19N3O.BrH/c8-4-1-2-6-10-11-7-3-5-9;/h10H,1-9H2;1H. The first-order chi connectivity index (χ1) is 5.41. The fraction of sp³-hybridized carbons (Fsp3) is 1.00. The average molecular weight is 242 g/mol. The zero-order valence-corrected chi connectivity index (χ0v) is 9.13. The van der Waals surface area contributed by atoms with Gasteiger partial charge in [0.2, 0.25) is 0 Å². The summed E-state index contributed by atoms with van der Waals surface area (Å²) in [6.45, 7) is 3.01. The first-order valence-electron chi connectivity index (χ1n) is 4.16. The molecule has 0 unspecified atom stereocenters. The fourth-order valence-electron chi connectivity index (χ4n) is 0.641. The van der Waals surface area contributed by atoms with Gasteiger partial charge in [-0.25, -0.2) is 5.48 Å². The van der Waals surface area contributed by atoms with Crippen molar-refractivity contribution < 1.29 is 4.84 Å². The number of nitrogens with two attached hydrogens (primary N) is 2. The van der Waals surface area contributed by atoms with E-state index in [0.29, 0.717) is 13.2 Å². The van der Waals surface area contributed by atoms with Crippen molar-refractivity contribution in [2.24, 2.45) is 11.5 Å². The van der Waals surface area contributed by atoms with Crippen LogP contribution in [0.15, 0.2) is 0 Å². The second-order valence-corrected chi connectivity index (χ2v) is 2.38. The van der Waals surface area contributed by atoms with Crippen molar-refractivity contribution in [2.75, 3.05) is 26.2 Å². The van der Waals surface area contributed by atoms with E-state index in [1.165, 1.54) is 0 Å². The van der Waals surface area contributed by atoms with Crippen molar-refractivity contribution in [2.45, 2.75) is 19.3 Å². The van der Waals surface area contributed by atoms with Gasteiger partial charge in [0.05, 0.1) is 6.61 Å². The van der Waals surface area contributed by atoms with E-state index in [1.807, 2.05) is 0 Å². The van der Waals surface area contributed by atoms with Crippen LogP contribution in [-0.2, 0) is 4.84 Å². The quantitative estimate of drug-likeness (QED) is 0.419. The van der Waals surface area contributed by atoms with Gasteiger partial charge in [0.15, 0.2) is 0 Å². The lowest BCUT2D eigenvalue weighted by atomic mass is 10.3. The number of hydrogen-bond acceptors (Lipinski definition) is 4. The number of halogens is 1. The van der Waals surface area contributed by atoms with Crippen molar-refractivity contribution in [1.29, 1.82) is 0 Å². The lowest BCUT2D eigenvalue weighted by Crippen LogP contribution is -2.18. The Balaban J connectivity index is 0. The van der Waals surface area contributed by atoms with E-state index >= 15 is 0 Å². The second-order valence-electron chi connectivity index (χ2n) is 2.38. The maximum Gasteiger partial charge on any atom is 0.0694 e. The highest BCUT2D eigenvalue weighted by molar-refractivity contribution is 8.93. The molecule has 0 aliphatic heterocycles. The molecule has 5 heteroatoms. The van der Waals surface area contributed by atoms with Crippen LogP contribution in [0.25, 0.3) is 0 Å². The summed E-state index contributed by atoms with van der Waals surface area (Å²) in [7, 11) is 0. The molecular weight excluding hydrogens is 222 g/mol. The molecule has 4 nitrogen and oxygen atoms in total. The van der Waals surface area contributed by atoms with Gasteiger partial charge < -0.3 is 16.3 Å². The third-order valence-corrected chi connectivity index (χ3v) is 1.29. The zero-order chi connectivity index (χ0) is 8.36. The maximum absolute atomic E-state index is 5.31. The molecule has 76 valence electrons. The molecule has 0 rings (SSSR count). The molecule has 12 heavy (non-hydrogen) atoms. The van der Waals surface area contributed by atoms with Crippen LogP contribution in [0, 0.1) is 0 Å². The van der Waals surface area contributed by atoms with Gasteiger partial charge in [-0.05, 0) is 32.4 Å². The number of hydroxylamine groups is 1. The first-order valence-corrected chi connectivity index (χ1v) is 4.16. The minimum absolute atomic E-state index is 0. The Labute approximate surface area is 84.7 Å². The van der Waals surface area contributed by atoms with Crippen LogP contribution < -0.4 is 16.9 Å². The van der Waals surface area contributed by atoms with Crippen molar-refractivity contribution in [3.8, 4) is 0 Å². The molecule has 0 spiro atoms. The van der Waals surface area contributed by atoms with E-state index in [2.05, 4.69) is 5.48 Å². The minimum Gasteiger partial charge on any atom is -0.330 e. The molecule has 0 heterocycles. The van der Waals surface area contributed by atoms with E-state index in [-0.39, 0.29) is 17.0 Å². The lowest BCUT2D eigenvalue weighted by molar-refractivity contribution is 0.0399. The Morgan fingerprint density at radius 2 is 1.67 bits per heavy atom. The number of hydrogen-bond donors (Lipinski definition) is 3. The van der Waals surface area contributed by atoms with E-state index < -0.39 is 0 Å². The topological polar surface area (TPSA) is 73.3 Å². The third kappa shape index (κ3) is 12.9. The van der Waals surface area contributed by atoms with Gasteiger partial charge in [-0.1, -0.05) is 0 Å². The van der Waals surface area contributed by atoms with Crippen molar-refractivity contribution in [3.05, 3.63) is 0 Å². The molecule has 0 amide bonds. The van der Waals surface area contributed by atoms with Gasteiger partial charge in [0, 0.05) is 6.54 Å². The molecular formula is C7H20BrN3O. The third-order valence-electron chi connectivity index (χ3n) is 1.29. The van der Waals surface area contributed by atoms with Crippen LogP contribution in [0.2, 0.25) is 0 Å². The monoisotopic (exact) mass is 241 g/mol. The molecule has 0 aromatic rings. The summed E-state index contributed by atoms with van der Waals surface area (Å²) in [5.74, 6) is 0. The van der Waals surface area contributed by atoms with Gasteiger partial charge in [-0.15, -0.1) is 17.0 Å². The van der Waals surface area contributed by atoms with E-state index in [4.69, 9.17) is 16.3 Å². The molecule has 0 fully saturated rings. The van der Waals surface area contributed by atoms with Crippen molar-refractivity contribution in [3.63, 3.8) is 0 Å².